The number of benzene rings is 2. The summed E-state index contributed by atoms with van der Waals surface area (Å²) >= 11 is 0. The Balaban J connectivity index is 2.07. The van der Waals surface area contributed by atoms with Crippen molar-refractivity contribution in [3.63, 3.8) is 0 Å². The molecule has 2 aromatic carbocycles. The van der Waals surface area contributed by atoms with Gasteiger partial charge in [-0.05, 0) is 23.6 Å². The van der Waals surface area contributed by atoms with Crippen LogP contribution in [-0.4, -0.2) is 15.9 Å². The average Bonchev–Trinajstić information content (AvgIpc) is 2.96. The van der Waals surface area contributed by atoms with Crippen molar-refractivity contribution in [2.45, 2.75) is 13.8 Å². The van der Waals surface area contributed by atoms with Crippen LogP contribution in [0.15, 0.2) is 71.3 Å². The Labute approximate surface area is 152 Å². The van der Waals surface area contributed by atoms with Crippen LogP contribution in [0.2, 0.25) is 0 Å². The second-order valence-corrected chi connectivity index (χ2v) is 11.8. The Morgan fingerprint density at radius 1 is 0.962 bits per heavy atom. The highest BCUT2D eigenvalue weighted by molar-refractivity contribution is 7.90. The highest BCUT2D eigenvalue weighted by atomic mass is 31.2. The van der Waals surface area contributed by atoms with Crippen LogP contribution in [-0.2, 0) is 9.13 Å². The molecule has 2 atom stereocenters. The van der Waals surface area contributed by atoms with E-state index in [0.717, 1.165) is 16.7 Å². The lowest BCUT2D eigenvalue weighted by Crippen LogP contribution is -2.18. The molecule has 2 unspecified atom stereocenters. The fourth-order valence-electron chi connectivity index (χ4n) is 4.48. The van der Waals surface area contributed by atoms with Crippen molar-refractivity contribution >= 4 is 25.6 Å². The molecular weight excluding hydrogens is 366 g/mol. The molecule has 4 rings (SSSR count). The molecule has 0 aliphatic carbocycles. The zero-order valence-electron chi connectivity index (χ0n) is 14.6. The maximum absolute atomic E-state index is 14.1. The summed E-state index contributed by atoms with van der Waals surface area (Å²) in [5, 5.41) is 0.474. The quantitative estimate of drug-likeness (QED) is 0.697. The summed E-state index contributed by atoms with van der Waals surface area (Å²) < 4.78 is 26.6. The number of hydrogen-bond acceptors (Lipinski definition) is 2. The van der Waals surface area contributed by atoms with Gasteiger partial charge in [-0.1, -0.05) is 73.2 Å². The predicted octanol–water partition coefficient (Wildman–Crippen LogP) is 5.36. The van der Waals surface area contributed by atoms with Gasteiger partial charge in [0.1, 0.15) is 5.06 Å². The molecule has 2 N–H and O–H groups in total. The van der Waals surface area contributed by atoms with Gasteiger partial charge >= 0.3 is 7.60 Å². The lowest BCUT2D eigenvalue weighted by atomic mass is 9.75. The maximum atomic E-state index is 14.1. The van der Waals surface area contributed by atoms with Gasteiger partial charge in [0.2, 0.25) is 0 Å². The van der Waals surface area contributed by atoms with Gasteiger partial charge in [-0.2, -0.15) is 0 Å². The van der Waals surface area contributed by atoms with Crippen LogP contribution < -0.4 is 0 Å². The van der Waals surface area contributed by atoms with E-state index in [1.54, 1.807) is 0 Å². The highest BCUT2D eigenvalue weighted by Crippen LogP contribution is 2.88. The number of fused-ring (bicyclic) bond motifs is 2. The van der Waals surface area contributed by atoms with Gasteiger partial charge in [0.05, 0.1) is 0 Å². The Morgan fingerprint density at radius 2 is 1.46 bits per heavy atom. The lowest BCUT2D eigenvalue weighted by Gasteiger charge is -2.30. The minimum absolute atomic E-state index is 0.150. The molecule has 0 saturated heterocycles. The van der Waals surface area contributed by atoms with E-state index < -0.39 is 20.2 Å². The predicted molar refractivity (Wildman–Crippen MR) is 105 cm³/mol. The van der Waals surface area contributed by atoms with Crippen LogP contribution in [0.4, 0.5) is 0 Å². The summed E-state index contributed by atoms with van der Waals surface area (Å²) in [6.45, 7) is 3.90. The summed E-state index contributed by atoms with van der Waals surface area (Å²) in [4.78, 5) is 20.3. The molecule has 0 radical (unpaired) electrons. The standard InChI is InChI=1S/C20H20O4P2/c1-14-18(16-11-7-4-8-12-16)25(21)13-20(14,2)17(19(25)26(22,23)24)15-9-5-3-6-10-15/h3-12H,13H2,1-2H3,(H2,22,23,24). The third-order valence-electron chi connectivity index (χ3n) is 5.59. The van der Waals surface area contributed by atoms with E-state index >= 15 is 0 Å². The molecule has 0 aromatic heterocycles. The van der Waals surface area contributed by atoms with E-state index in [2.05, 4.69) is 0 Å². The first-order valence-corrected chi connectivity index (χ1v) is 11.9. The molecular formula is C20H20O4P2. The van der Waals surface area contributed by atoms with Gasteiger partial charge in [-0.3, -0.25) is 4.57 Å². The summed E-state index contributed by atoms with van der Waals surface area (Å²) in [5.41, 5.74) is 2.38. The van der Waals surface area contributed by atoms with E-state index in [1.165, 1.54) is 0 Å². The monoisotopic (exact) mass is 386 g/mol. The first-order chi connectivity index (χ1) is 12.2. The Morgan fingerprint density at radius 3 is 1.96 bits per heavy atom. The second-order valence-electron chi connectivity index (χ2n) is 7.18. The van der Waals surface area contributed by atoms with Crippen LogP contribution in [0.1, 0.15) is 25.0 Å². The van der Waals surface area contributed by atoms with Crippen LogP contribution >= 0.6 is 14.7 Å². The molecule has 26 heavy (non-hydrogen) atoms. The molecule has 2 bridgehead atoms. The summed E-state index contributed by atoms with van der Waals surface area (Å²) in [5.74, 6) is 0. The molecule has 134 valence electrons. The molecule has 2 aliphatic rings. The molecule has 6 heteroatoms. The third-order valence-corrected chi connectivity index (χ3v) is 11.4. The van der Waals surface area contributed by atoms with Crippen molar-refractivity contribution < 1.29 is 18.9 Å². The Kier molecular flexibility index (Phi) is 3.84. The minimum atomic E-state index is -4.69. The molecule has 2 heterocycles. The van der Waals surface area contributed by atoms with Crippen molar-refractivity contribution in [2.75, 3.05) is 6.16 Å². The van der Waals surface area contributed by atoms with Crippen LogP contribution in [0.5, 0.6) is 0 Å². The highest BCUT2D eigenvalue weighted by Gasteiger charge is 2.62. The fourth-order valence-corrected chi connectivity index (χ4v) is 11.2. The van der Waals surface area contributed by atoms with Gasteiger partial charge in [0, 0.05) is 16.9 Å². The van der Waals surface area contributed by atoms with Gasteiger partial charge < -0.3 is 14.4 Å². The van der Waals surface area contributed by atoms with E-state index in [4.69, 9.17) is 0 Å². The van der Waals surface area contributed by atoms with E-state index in [0.29, 0.717) is 10.9 Å². The topological polar surface area (TPSA) is 74.6 Å². The van der Waals surface area contributed by atoms with E-state index in [9.17, 15) is 18.9 Å². The smallest absolute Gasteiger partial charge is 0.321 e. The molecule has 0 spiro atoms. The van der Waals surface area contributed by atoms with E-state index in [1.807, 2.05) is 74.5 Å². The zero-order valence-corrected chi connectivity index (χ0v) is 16.4. The van der Waals surface area contributed by atoms with E-state index in [-0.39, 0.29) is 11.2 Å². The normalized spacial score (nSPS) is 28.2. The number of hydrogen-bond donors (Lipinski definition) is 2. The van der Waals surface area contributed by atoms with Gasteiger partial charge in [0.25, 0.3) is 0 Å². The number of allylic oxidation sites excluding steroid dienone is 2. The van der Waals surface area contributed by atoms with Gasteiger partial charge in [0.15, 0.2) is 7.14 Å². The Bertz CT molecular complexity index is 1050. The largest absolute Gasteiger partial charge is 0.360 e. The fraction of sp³-hybridized carbons (Fsp3) is 0.200. The molecule has 2 aliphatic heterocycles. The molecule has 4 nitrogen and oxygen atoms in total. The van der Waals surface area contributed by atoms with Crippen molar-refractivity contribution in [3.8, 4) is 0 Å². The zero-order chi connectivity index (χ0) is 18.7. The summed E-state index contributed by atoms with van der Waals surface area (Å²) in [7, 11) is -8.07. The number of rotatable bonds is 3. The first kappa shape index (κ1) is 17.7. The minimum Gasteiger partial charge on any atom is -0.321 e. The molecule has 0 saturated carbocycles. The molecule has 2 aromatic rings. The molecule has 0 fully saturated rings. The van der Waals surface area contributed by atoms with Gasteiger partial charge in [-0.15, -0.1) is 0 Å². The van der Waals surface area contributed by atoms with Crippen molar-refractivity contribution in [1.82, 2.24) is 0 Å². The van der Waals surface area contributed by atoms with Crippen molar-refractivity contribution in [2.24, 2.45) is 5.41 Å². The summed E-state index contributed by atoms with van der Waals surface area (Å²) in [6, 6.07) is 18.5. The van der Waals surface area contributed by atoms with Crippen molar-refractivity contribution in [3.05, 3.63) is 82.4 Å². The third kappa shape index (κ3) is 2.30. The lowest BCUT2D eigenvalue weighted by molar-refractivity contribution is 0.384. The van der Waals surface area contributed by atoms with Crippen LogP contribution in [0.25, 0.3) is 10.9 Å². The Hall–Kier alpha value is -1.70. The van der Waals surface area contributed by atoms with Crippen LogP contribution in [0.3, 0.4) is 0 Å². The average molecular weight is 386 g/mol. The SMILES string of the molecule is CC1=C(c2ccccc2)P2(=O)CC1(C)C(c1ccccc1)=C2P(=O)(O)O. The van der Waals surface area contributed by atoms with Crippen molar-refractivity contribution in [1.29, 1.82) is 0 Å². The maximum Gasteiger partial charge on any atom is 0.360 e. The molecule has 0 amide bonds. The first-order valence-electron chi connectivity index (χ1n) is 8.43. The second kappa shape index (κ2) is 5.65. The summed E-state index contributed by atoms with van der Waals surface area (Å²) in [6.07, 6.45) is 0.251. The van der Waals surface area contributed by atoms with Gasteiger partial charge in [-0.25, -0.2) is 0 Å². The van der Waals surface area contributed by atoms with Crippen LogP contribution in [0, 0.1) is 5.41 Å².